The fourth-order valence-corrected chi connectivity index (χ4v) is 5.73. The van der Waals surface area contributed by atoms with E-state index >= 15 is 0 Å². The van der Waals surface area contributed by atoms with Crippen LogP contribution >= 0.6 is 0 Å². The molecule has 0 bridgehead atoms. The van der Waals surface area contributed by atoms with Gasteiger partial charge in [0.1, 0.15) is 5.75 Å². The van der Waals surface area contributed by atoms with Gasteiger partial charge in [-0.15, -0.1) is 0 Å². The van der Waals surface area contributed by atoms with Crippen molar-refractivity contribution in [3.8, 4) is 5.75 Å². The van der Waals surface area contributed by atoms with Crippen molar-refractivity contribution < 1.29 is 14.3 Å². The number of nitrogens with one attached hydrogen (secondary N) is 1. The minimum atomic E-state index is -0.254. The first-order valence-corrected chi connectivity index (χ1v) is 12.6. The molecule has 0 spiro atoms. The van der Waals surface area contributed by atoms with Gasteiger partial charge in [-0.1, -0.05) is 37.3 Å². The van der Waals surface area contributed by atoms with Crippen molar-refractivity contribution in [3.05, 3.63) is 54.6 Å². The lowest BCUT2D eigenvalue weighted by Crippen LogP contribution is -2.59. The number of hydrogen-bond donors (Lipinski definition) is 1. The van der Waals surface area contributed by atoms with Gasteiger partial charge in [0.05, 0.1) is 36.4 Å². The molecule has 0 saturated carbocycles. The van der Waals surface area contributed by atoms with Gasteiger partial charge >= 0.3 is 0 Å². The lowest BCUT2D eigenvalue weighted by atomic mass is 9.83. The molecule has 5 rings (SSSR count). The van der Waals surface area contributed by atoms with Crippen LogP contribution in [0.1, 0.15) is 13.3 Å². The molecule has 35 heavy (non-hydrogen) atoms. The molecular formula is C27H35N5O3. The third-order valence-corrected chi connectivity index (χ3v) is 7.48. The van der Waals surface area contributed by atoms with Crippen molar-refractivity contribution in [1.29, 1.82) is 0 Å². The number of carbonyl (C=O) groups is 2. The number of benzene rings is 2. The number of ether oxygens (including phenoxy) is 1. The number of para-hydroxylation sites is 3. The summed E-state index contributed by atoms with van der Waals surface area (Å²) in [6.45, 7) is 7.26. The molecule has 1 N–H and O–H groups in total. The summed E-state index contributed by atoms with van der Waals surface area (Å²) in [5.74, 6) is 0.582. The van der Waals surface area contributed by atoms with Crippen molar-refractivity contribution in [2.24, 2.45) is 11.8 Å². The molecule has 2 amide bonds. The normalized spacial score (nSPS) is 25.0. The fraction of sp³-hybridized carbons (Fsp3) is 0.481. The molecule has 0 aliphatic carbocycles. The zero-order valence-corrected chi connectivity index (χ0v) is 20.6. The molecule has 3 saturated heterocycles. The number of piperazine rings is 1. The van der Waals surface area contributed by atoms with Crippen molar-refractivity contribution >= 4 is 23.2 Å². The molecule has 3 atom stereocenters. The van der Waals surface area contributed by atoms with Crippen LogP contribution in [0, 0.1) is 11.8 Å². The molecule has 8 heteroatoms. The number of likely N-dealkylation sites (tertiary alicyclic amines) is 1. The van der Waals surface area contributed by atoms with Gasteiger partial charge in [-0.25, -0.2) is 10.4 Å². The Labute approximate surface area is 207 Å². The highest BCUT2D eigenvalue weighted by atomic mass is 16.5. The molecular weight excluding hydrogens is 442 g/mol. The first kappa shape index (κ1) is 23.6. The SMILES string of the molecule is CCCN1CC(C(=O)N2CCN(c3ccccc3OC)CC2)C2NN(c3ccccc3)C(=O)C2C1. The van der Waals surface area contributed by atoms with Crippen LogP contribution < -0.4 is 20.1 Å². The van der Waals surface area contributed by atoms with E-state index in [0.717, 1.165) is 43.2 Å². The van der Waals surface area contributed by atoms with E-state index in [4.69, 9.17) is 4.74 Å². The highest BCUT2D eigenvalue weighted by Crippen LogP contribution is 2.34. The number of methoxy groups -OCH3 is 1. The van der Waals surface area contributed by atoms with Crippen molar-refractivity contribution in [1.82, 2.24) is 15.2 Å². The lowest BCUT2D eigenvalue weighted by molar-refractivity contribution is -0.140. The molecule has 3 aliphatic heterocycles. The molecule has 0 radical (unpaired) electrons. The topological polar surface area (TPSA) is 68.4 Å². The second kappa shape index (κ2) is 10.3. The first-order chi connectivity index (χ1) is 17.1. The average Bonchev–Trinajstić information content (AvgIpc) is 3.25. The first-order valence-electron chi connectivity index (χ1n) is 12.6. The predicted molar refractivity (Wildman–Crippen MR) is 136 cm³/mol. The van der Waals surface area contributed by atoms with E-state index in [0.29, 0.717) is 26.2 Å². The molecule has 8 nitrogen and oxygen atoms in total. The number of amides is 2. The molecule has 0 aromatic heterocycles. The zero-order valence-electron chi connectivity index (χ0n) is 20.6. The summed E-state index contributed by atoms with van der Waals surface area (Å²) >= 11 is 0. The maximum atomic E-state index is 13.8. The van der Waals surface area contributed by atoms with Gasteiger partial charge in [0, 0.05) is 39.3 Å². The number of rotatable bonds is 6. The van der Waals surface area contributed by atoms with E-state index in [1.165, 1.54) is 0 Å². The Morgan fingerprint density at radius 1 is 1.00 bits per heavy atom. The highest BCUT2D eigenvalue weighted by molar-refractivity contribution is 5.98. The van der Waals surface area contributed by atoms with Crippen LogP contribution in [0.15, 0.2) is 54.6 Å². The van der Waals surface area contributed by atoms with Crippen LogP contribution in [0.2, 0.25) is 0 Å². The largest absolute Gasteiger partial charge is 0.495 e. The van der Waals surface area contributed by atoms with Gasteiger partial charge < -0.3 is 19.4 Å². The van der Waals surface area contributed by atoms with Gasteiger partial charge in [-0.2, -0.15) is 0 Å². The van der Waals surface area contributed by atoms with Crippen molar-refractivity contribution in [2.75, 3.05) is 62.8 Å². The predicted octanol–water partition coefficient (Wildman–Crippen LogP) is 2.22. The Balaban J connectivity index is 1.31. The number of anilines is 2. The minimum Gasteiger partial charge on any atom is -0.495 e. The Bertz CT molecular complexity index is 1040. The van der Waals surface area contributed by atoms with Crippen LogP contribution in [0.4, 0.5) is 11.4 Å². The maximum Gasteiger partial charge on any atom is 0.247 e. The number of fused-ring (bicyclic) bond motifs is 1. The smallest absolute Gasteiger partial charge is 0.247 e. The summed E-state index contributed by atoms with van der Waals surface area (Å²) in [6.07, 6.45) is 1.000. The minimum absolute atomic E-state index is 0.0563. The summed E-state index contributed by atoms with van der Waals surface area (Å²) in [6, 6.07) is 17.5. The second-order valence-electron chi connectivity index (χ2n) is 9.62. The Hall–Kier alpha value is -3.10. The highest BCUT2D eigenvalue weighted by Gasteiger charge is 2.51. The zero-order chi connectivity index (χ0) is 24.4. The Kier molecular flexibility index (Phi) is 6.92. The summed E-state index contributed by atoms with van der Waals surface area (Å²) < 4.78 is 5.53. The fourth-order valence-electron chi connectivity index (χ4n) is 5.73. The van der Waals surface area contributed by atoms with Crippen LogP contribution in [-0.2, 0) is 9.59 Å². The molecule has 2 aromatic rings. The molecule has 3 heterocycles. The van der Waals surface area contributed by atoms with Gasteiger partial charge in [0.25, 0.3) is 0 Å². The monoisotopic (exact) mass is 477 g/mol. The molecule has 3 fully saturated rings. The van der Waals surface area contributed by atoms with Crippen LogP contribution in [0.5, 0.6) is 5.75 Å². The van der Waals surface area contributed by atoms with E-state index in [-0.39, 0.29) is 29.7 Å². The molecule has 3 unspecified atom stereocenters. The number of nitrogens with zero attached hydrogens (tertiary/aromatic N) is 4. The van der Waals surface area contributed by atoms with Gasteiger partial charge in [0.2, 0.25) is 11.8 Å². The number of carbonyl (C=O) groups excluding carboxylic acids is 2. The average molecular weight is 478 g/mol. The maximum absolute atomic E-state index is 13.8. The Morgan fingerprint density at radius 2 is 1.71 bits per heavy atom. The van der Waals surface area contributed by atoms with Crippen LogP contribution in [0.25, 0.3) is 0 Å². The summed E-state index contributed by atoms with van der Waals surface area (Å²) in [4.78, 5) is 33.8. The summed E-state index contributed by atoms with van der Waals surface area (Å²) in [7, 11) is 1.69. The van der Waals surface area contributed by atoms with Crippen molar-refractivity contribution in [3.63, 3.8) is 0 Å². The van der Waals surface area contributed by atoms with E-state index in [2.05, 4.69) is 28.2 Å². The van der Waals surface area contributed by atoms with E-state index in [1.807, 2.05) is 53.4 Å². The van der Waals surface area contributed by atoms with Gasteiger partial charge in [-0.3, -0.25) is 9.59 Å². The van der Waals surface area contributed by atoms with E-state index < -0.39 is 0 Å². The lowest BCUT2D eigenvalue weighted by Gasteiger charge is -2.42. The van der Waals surface area contributed by atoms with Crippen LogP contribution in [-0.4, -0.2) is 80.6 Å². The number of piperidine rings is 1. The third-order valence-electron chi connectivity index (χ3n) is 7.48. The standard InChI is InChI=1S/C27H35N5O3/c1-3-13-29-18-21(25-22(19-29)27(34)32(28-25)20-9-5-4-6-10-20)26(33)31-16-14-30(15-17-31)23-11-7-8-12-24(23)35-2/h4-12,21-22,25,28H,3,13-19H2,1-2H3. The summed E-state index contributed by atoms with van der Waals surface area (Å²) in [5.41, 5.74) is 5.31. The molecule has 186 valence electrons. The van der Waals surface area contributed by atoms with Crippen molar-refractivity contribution in [2.45, 2.75) is 19.4 Å². The van der Waals surface area contributed by atoms with Gasteiger partial charge in [0.15, 0.2) is 0 Å². The molecule has 2 aromatic carbocycles. The molecule has 3 aliphatic rings. The summed E-state index contributed by atoms with van der Waals surface area (Å²) in [5, 5.41) is 1.66. The third kappa shape index (κ3) is 4.60. The quantitative estimate of drug-likeness (QED) is 0.688. The number of hydrazine groups is 1. The van der Waals surface area contributed by atoms with E-state index in [9.17, 15) is 9.59 Å². The number of hydrogen-bond acceptors (Lipinski definition) is 6. The van der Waals surface area contributed by atoms with E-state index in [1.54, 1.807) is 12.1 Å². The van der Waals surface area contributed by atoms with Gasteiger partial charge in [-0.05, 0) is 37.2 Å². The second-order valence-corrected chi connectivity index (χ2v) is 9.62. The Morgan fingerprint density at radius 3 is 2.43 bits per heavy atom. The van der Waals surface area contributed by atoms with Crippen LogP contribution in [0.3, 0.4) is 0 Å².